The Labute approximate surface area is 101 Å². The van der Waals surface area contributed by atoms with Gasteiger partial charge >= 0.3 is 0 Å². The van der Waals surface area contributed by atoms with Gasteiger partial charge in [-0.25, -0.2) is 0 Å². The molecular weight excluding hydrogens is 198 g/mol. The van der Waals surface area contributed by atoms with E-state index in [1.807, 2.05) is 0 Å². The van der Waals surface area contributed by atoms with Crippen molar-refractivity contribution in [1.82, 2.24) is 5.32 Å². The van der Waals surface area contributed by atoms with Crippen LogP contribution >= 0.6 is 0 Å². The summed E-state index contributed by atoms with van der Waals surface area (Å²) in [5.41, 5.74) is 0. The molecule has 1 aliphatic carbocycles. The van der Waals surface area contributed by atoms with Crippen LogP contribution in [0.5, 0.6) is 0 Å². The fourth-order valence-electron chi connectivity index (χ4n) is 2.04. The van der Waals surface area contributed by atoms with Gasteiger partial charge in [-0.3, -0.25) is 0 Å². The van der Waals surface area contributed by atoms with Crippen LogP contribution in [-0.4, -0.2) is 25.8 Å². The summed E-state index contributed by atoms with van der Waals surface area (Å²) in [5, 5.41) is 3.48. The van der Waals surface area contributed by atoms with Gasteiger partial charge in [0.05, 0.1) is 6.10 Å². The Morgan fingerprint density at radius 2 is 2.00 bits per heavy atom. The van der Waals surface area contributed by atoms with Gasteiger partial charge in [-0.15, -0.1) is 0 Å². The molecule has 2 nitrogen and oxygen atoms in total. The maximum Gasteiger partial charge on any atom is 0.0696 e. The van der Waals surface area contributed by atoms with E-state index in [9.17, 15) is 0 Å². The lowest BCUT2D eigenvalue weighted by atomic mass is 9.83. The fraction of sp³-hybridized carbons (Fsp3) is 1.00. The lowest BCUT2D eigenvalue weighted by molar-refractivity contribution is 0.0357. The smallest absolute Gasteiger partial charge is 0.0696 e. The SMILES string of the molecule is CCC(CNCC(C)C)OCCC1CCC1. The quantitative estimate of drug-likeness (QED) is 0.653. The molecule has 0 amide bonds. The standard InChI is InChI=1S/C14H29NO/c1-4-14(11-15-10-12(2)3)16-9-8-13-6-5-7-13/h12-15H,4-11H2,1-3H3. The van der Waals surface area contributed by atoms with E-state index in [1.165, 1.54) is 25.7 Å². The minimum atomic E-state index is 0.416. The summed E-state index contributed by atoms with van der Waals surface area (Å²) in [5.74, 6) is 1.70. The van der Waals surface area contributed by atoms with Crippen molar-refractivity contribution in [2.45, 2.75) is 59.0 Å². The first-order chi connectivity index (χ1) is 7.72. The van der Waals surface area contributed by atoms with Gasteiger partial charge in [0.2, 0.25) is 0 Å². The first-order valence-corrected chi connectivity index (χ1v) is 7.04. The molecule has 1 rings (SSSR count). The summed E-state index contributed by atoms with van der Waals surface area (Å²) in [4.78, 5) is 0. The van der Waals surface area contributed by atoms with Crippen LogP contribution in [0.25, 0.3) is 0 Å². The highest BCUT2D eigenvalue weighted by atomic mass is 16.5. The van der Waals surface area contributed by atoms with Crippen molar-refractivity contribution >= 4 is 0 Å². The topological polar surface area (TPSA) is 21.3 Å². The van der Waals surface area contributed by atoms with E-state index in [1.54, 1.807) is 0 Å². The van der Waals surface area contributed by atoms with Crippen molar-refractivity contribution in [2.24, 2.45) is 11.8 Å². The van der Waals surface area contributed by atoms with Crippen LogP contribution in [0.2, 0.25) is 0 Å². The molecule has 0 radical (unpaired) electrons. The van der Waals surface area contributed by atoms with E-state index in [-0.39, 0.29) is 0 Å². The van der Waals surface area contributed by atoms with Gasteiger partial charge in [-0.1, -0.05) is 40.0 Å². The molecule has 0 aromatic rings. The van der Waals surface area contributed by atoms with Gasteiger partial charge in [-0.2, -0.15) is 0 Å². The molecule has 2 heteroatoms. The van der Waals surface area contributed by atoms with Crippen LogP contribution in [0.3, 0.4) is 0 Å². The normalized spacial score (nSPS) is 18.8. The Balaban J connectivity index is 1.97. The minimum Gasteiger partial charge on any atom is -0.377 e. The first-order valence-electron chi connectivity index (χ1n) is 7.04. The predicted molar refractivity (Wildman–Crippen MR) is 69.7 cm³/mol. The van der Waals surface area contributed by atoms with Crippen molar-refractivity contribution in [3.63, 3.8) is 0 Å². The number of rotatable bonds is 9. The van der Waals surface area contributed by atoms with Crippen LogP contribution in [0.4, 0.5) is 0 Å². The van der Waals surface area contributed by atoms with Gasteiger partial charge in [0.25, 0.3) is 0 Å². The highest BCUT2D eigenvalue weighted by Gasteiger charge is 2.17. The second-order valence-corrected chi connectivity index (χ2v) is 5.54. The highest BCUT2D eigenvalue weighted by Crippen LogP contribution is 2.29. The molecule has 0 aromatic heterocycles. The zero-order valence-corrected chi connectivity index (χ0v) is 11.3. The maximum absolute atomic E-state index is 5.92. The molecule has 0 aliphatic heterocycles. The van der Waals surface area contributed by atoms with Crippen LogP contribution in [0, 0.1) is 11.8 Å². The van der Waals surface area contributed by atoms with E-state index in [0.29, 0.717) is 6.10 Å². The molecule has 1 N–H and O–H groups in total. The van der Waals surface area contributed by atoms with Gasteiger partial charge in [0, 0.05) is 13.2 Å². The Bertz CT molecular complexity index is 166. The second-order valence-electron chi connectivity index (χ2n) is 5.54. The zero-order chi connectivity index (χ0) is 11.8. The predicted octanol–water partition coefficient (Wildman–Crippen LogP) is 3.22. The Morgan fingerprint density at radius 3 is 2.50 bits per heavy atom. The summed E-state index contributed by atoms with van der Waals surface area (Å²) in [6, 6.07) is 0. The van der Waals surface area contributed by atoms with Gasteiger partial charge in [0.1, 0.15) is 0 Å². The molecule has 1 atom stereocenters. The largest absolute Gasteiger partial charge is 0.377 e. The third kappa shape index (κ3) is 5.86. The summed E-state index contributed by atoms with van der Waals surface area (Å²) in [6.45, 7) is 9.77. The lowest BCUT2D eigenvalue weighted by Crippen LogP contribution is -2.31. The molecule has 1 saturated carbocycles. The van der Waals surface area contributed by atoms with Gasteiger partial charge in [-0.05, 0) is 31.2 Å². The minimum absolute atomic E-state index is 0.416. The number of nitrogens with one attached hydrogen (secondary N) is 1. The summed E-state index contributed by atoms with van der Waals surface area (Å²) < 4.78 is 5.92. The molecule has 16 heavy (non-hydrogen) atoms. The van der Waals surface area contributed by atoms with Crippen LogP contribution in [0.1, 0.15) is 52.9 Å². The zero-order valence-electron chi connectivity index (χ0n) is 11.3. The van der Waals surface area contributed by atoms with Crippen LogP contribution in [0.15, 0.2) is 0 Å². The molecule has 0 spiro atoms. The van der Waals surface area contributed by atoms with Crippen molar-refractivity contribution in [1.29, 1.82) is 0 Å². The number of hydrogen-bond donors (Lipinski definition) is 1. The lowest BCUT2D eigenvalue weighted by Gasteiger charge is -2.26. The van der Waals surface area contributed by atoms with Crippen LogP contribution in [-0.2, 0) is 4.74 Å². The van der Waals surface area contributed by atoms with E-state index in [2.05, 4.69) is 26.1 Å². The fourth-order valence-corrected chi connectivity index (χ4v) is 2.04. The van der Waals surface area contributed by atoms with E-state index in [0.717, 1.165) is 38.0 Å². The molecule has 1 fully saturated rings. The first kappa shape index (κ1) is 14.0. The molecule has 0 heterocycles. The van der Waals surface area contributed by atoms with Crippen LogP contribution < -0.4 is 5.32 Å². The van der Waals surface area contributed by atoms with E-state index < -0.39 is 0 Å². The Hall–Kier alpha value is -0.0800. The monoisotopic (exact) mass is 227 g/mol. The summed E-state index contributed by atoms with van der Waals surface area (Å²) in [7, 11) is 0. The maximum atomic E-state index is 5.92. The number of ether oxygens (including phenoxy) is 1. The van der Waals surface area contributed by atoms with E-state index in [4.69, 9.17) is 4.74 Å². The molecule has 1 aliphatic rings. The van der Waals surface area contributed by atoms with Crippen molar-refractivity contribution in [3.05, 3.63) is 0 Å². The molecule has 1 unspecified atom stereocenters. The summed E-state index contributed by atoms with van der Waals surface area (Å²) >= 11 is 0. The second kappa shape index (κ2) is 8.08. The molecule has 96 valence electrons. The Morgan fingerprint density at radius 1 is 1.25 bits per heavy atom. The highest BCUT2D eigenvalue weighted by molar-refractivity contribution is 4.69. The van der Waals surface area contributed by atoms with Gasteiger partial charge < -0.3 is 10.1 Å². The molecular formula is C14H29NO. The average molecular weight is 227 g/mol. The van der Waals surface area contributed by atoms with Crippen molar-refractivity contribution in [3.8, 4) is 0 Å². The molecule has 0 aromatic carbocycles. The van der Waals surface area contributed by atoms with Gasteiger partial charge in [0.15, 0.2) is 0 Å². The third-order valence-electron chi connectivity index (χ3n) is 3.48. The van der Waals surface area contributed by atoms with E-state index >= 15 is 0 Å². The third-order valence-corrected chi connectivity index (χ3v) is 3.48. The number of hydrogen-bond acceptors (Lipinski definition) is 2. The summed E-state index contributed by atoms with van der Waals surface area (Å²) in [6.07, 6.45) is 7.13. The van der Waals surface area contributed by atoms with Crippen molar-refractivity contribution in [2.75, 3.05) is 19.7 Å². The average Bonchev–Trinajstić information content (AvgIpc) is 2.18. The van der Waals surface area contributed by atoms with Crippen molar-refractivity contribution < 1.29 is 4.74 Å². The Kier molecular flexibility index (Phi) is 7.06. The molecule has 0 bridgehead atoms. The molecule has 0 saturated heterocycles.